The largest absolute Gasteiger partial charge is 0.486 e. The highest BCUT2D eigenvalue weighted by molar-refractivity contribution is 7.07. The van der Waals surface area contributed by atoms with Gasteiger partial charge in [-0.3, -0.25) is 10.1 Å². The maximum atomic E-state index is 11.4. The molecule has 4 aromatic rings. The summed E-state index contributed by atoms with van der Waals surface area (Å²) in [6.07, 6.45) is 0. The van der Waals surface area contributed by atoms with Crippen LogP contribution in [0.2, 0.25) is 0 Å². The molecule has 0 fully saturated rings. The zero-order valence-electron chi connectivity index (χ0n) is 20.7. The molecule has 0 saturated heterocycles. The van der Waals surface area contributed by atoms with Gasteiger partial charge in [-0.25, -0.2) is 9.67 Å². The second-order valence-corrected chi connectivity index (χ2v) is 9.76. The van der Waals surface area contributed by atoms with E-state index in [1.54, 1.807) is 16.8 Å². The Hall–Kier alpha value is -4.24. The number of nitro benzene ring substituents is 1. The summed E-state index contributed by atoms with van der Waals surface area (Å²) in [7, 11) is 0. The zero-order chi connectivity index (χ0) is 25.9. The smallest absolute Gasteiger partial charge is 0.270 e. The van der Waals surface area contributed by atoms with Crippen LogP contribution in [0.25, 0.3) is 11.3 Å². The third-order valence-corrected chi connectivity index (χ3v) is 6.85. The molecule has 3 aromatic carbocycles. The third kappa shape index (κ3) is 5.31. The fraction of sp³-hybridized carbons (Fsp3) is 0.214. The molecule has 9 heteroatoms. The van der Waals surface area contributed by atoms with Gasteiger partial charge < -0.3 is 9.47 Å². The first-order chi connectivity index (χ1) is 17.9. The SMILES string of the molecule is CC(=Nn1c(-c2cccc([N+](=O)[O-])c2)csc1=Nc1ccc(C(C)C)cc1)c1ccc2c(c1)OCCO2. The van der Waals surface area contributed by atoms with Gasteiger partial charge >= 0.3 is 0 Å². The highest BCUT2D eigenvalue weighted by atomic mass is 32.1. The molecule has 0 bridgehead atoms. The first-order valence-electron chi connectivity index (χ1n) is 11.9. The Morgan fingerprint density at radius 3 is 2.51 bits per heavy atom. The van der Waals surface area contributed by atoms with Crippen molar-refractivity contribution in [1.29, 1.82) is 0 Å². The molecule has 0 radical (unpaired) electrons. The first-order valence-corrected chi connectivity index (χ1v) is 12.8. The van der Waals surface area contributed by atoms with Crippen LogP contribution in [0.4, 0.5) is 11.4 Å². The summed E-state index contributed by atoms with van der Waals surface area (Å²) in [6.45, 7) is 7.25. The van der Waals surface area contributed by atoms with E-state index in [0.717, 1.165) is 17.0 Å². The summed E-state index contributed by atoms with van der Waals surface area (Å²) in [5, 5.41) is 18.2. The Bertz CT molecular complexity index is 1550. The van der Waals surface area contributed by atoms with Crippen LogP contribution in [0.5, 0.6) is 11.5 Å². The number of fused-ring (bicyclic) bond motifs is 1. The van der Waals surface area contributed by atoms with Gasteiger partial charge in [0.2, 0.25) is 4.80 Å². The van der Waals surface area contributed by atoms with Crippen molar-refractivity contribution >= 4 is 28.4 Å². The molecule has 188 valence electrons. The first kappa shape index (κ1) is 24.5. The molecule has 37 heavy (non-hydrogen) atoms. The van der Waals surface area contributed by atoms with Crippen molar-refractivity contribution in [3.63, 3.8) is 0 Å². The summed E-state index contributed by atoms with van der Waals surface area (Å²) in [5.41, 5.74) is 5.06. The lowest BCUT2D eigenvalue weighted by molar-refractivity contribution is -0.384. The third-order valence-electron chi connectivity index (χ3n) is 6.03. The Labute approximate surface area is 218 Å². The van der Waals surface area contributed by atoms with Crippen LogP contribution in [0.15, 0.2) is 82.2 Å². The summed E-state index contributed by atoms with van der Waals surface area (Å²) in [5.74, 6) is 1.82. The number of aromatic nitrogens is 1. The Morgan fingerprint density at radius 1 is 1.03 bits per heavy atom. The molecule has 5 rings (SSSR count). The van der Waals surface area contributed by atoms with Gasteiger partial charge in [0.05, 0.1) is 22.0 Å². The molecule has 0 unspecified atom stereocenters. The topological polar surface area (TPSA) is 91.2 Å². The molecule has 0 N–H and O–H groups in total. The second kappa shape index (κ2) is 10.4. The number of thiazole rings is 1. The lowest BCUT2D eigenvalue weighted by Crippen LogP contribution is -2.16. The molecule has 1 aliphatic heterocycles. The van der Waals surface area contributed by atoms with Gasteiger partial charge in [0.25, 0.3) is 5.69 Å². The summed E-state index contributed by atoms with van der Waals surface area (Å²) >= 11 is 1.43. The van der Waals surface area contributed by atoms with Crippen molar-refractivity contribution in [1.82, 2.24) is 4.68 Å². The van der Waals surface area contributed by atoms with Gasteiger partial charge in [-0.1, -0.05) is 38.1 Å². The van der Waals surface area contributed by atoms with E-state index >= 15 is 0 Å². The molecule has 0 aliphatic carbocycles. The number of rotatable bonds is 6. The monoisotopic (exact) mass is 514 g/mol. The second-order valence-electron chi connectivity index (χ2n) is 8.92. The standard InChI is InChI=1S/C28H26N4O4S/c1-18(2)20-7-10-23(11-8-20)29-28-31(25(17-37-28)22-5-4-6-24(15-22)32(33)34)30-19(3)21-9-12-26-27(16-21)36-14-13-35-26/h4-12,15-18H,13-14H2,1-3H3. The van der Waals surface area contributed by atoms with E-state index in [9.17, 15) is 10.1 Å². The van der Waals surface area contributed by atoms with Crippen molar-refractivity contribution in [3.8, 4) is 22.8 Å². The zero-order valence-corrected chi connectivity index (χ0v) is 21.6. The van der Waals surface area contributed by atoms with E-state index in [-0.39, 0.29) is 5.69 Å². The fourth-order valence-electron chi connectivity index (χ4n) is 3.97. The Balaban J connectivity index is 1.63. The van der Waals surface area contributed by atoms with Crippen molar-refractivity contribution < 1.29 is 14.4 Å². The Kier molecular flexibility index (Phi) is 6.87. The molecule has 1 aromatic heterocycles. The maximum Gasteiger partial charge on any atom is 0.270 e. The number of nitro groups is 1. The van der Waals surface area contributed by atoms with Crippen LogP contribution < -0.4 is 14.3 Å². The predicted molar refractivity (Wildman–Crippen MR) is 145 cm³/mol. The van der Waals surface area contributed by atoms with Crippen molar-refractivity contribution in [2.45, 2.75) is 26.7 Å². The lowest BCUT2D eigenvalue weighted by Gasteiger charge is -2.18. The number of ether oxygens (including phenoxy) is 2. The minimum Gasteiger partial charge on any atom is -0.486 e. The predicted octanol–water partition coefficient (Wildman–Crippen LogP) is 6.52. The van der Waals surface area contributed by atoms with Gasteiger partial charge in [-0.2, -0.15) is 5.10 Å². The molecule has 1 aliphatic rings. The molecule has 0 saturated carbocycles. The molecular weight excluding hydrogens is 488 g/mol. The normalized spacial score (nSPS) is 13.7. The summed E-state index contributed by atoms with van der Waals surface area (Å²) in [6, 6.07) is 20.4. The number of hydrogen-bond donors (Lipinski definition) is 0. The number of non-ortho nitro benzene ring substituents is 1. The van der Waals surface area contributed by atoms with Crippen molar-refractivity contribution in [3.05, 3.63) is 98.2 Å². The van der Waals surface area contributed by atoms with Crippen LogP contribution in [0.3, 0.4) is 0 Å². The highest BCUT2D eigenvalue weighted by Crippen LogP contribution is 2.31. The van der Waals surface area contributed by atoms with Crippen LogP contribution in [0, 0.1) is 10.1 Å². The average Bonchev–Trinajstić information content (AvgIpc) is 3.30. The van der Waals surface area contributed by atoms with Gasteiger partial charge in [-0.05, 0) is 48.7 Å². The van der Waals surface area contributed by atoms with E-state index in [4.69, 9.17) is 19.6 Å². The molecule has 2 heterocycles. The Morgan fingerprint density at radius 2 is 1.78 bits per heavy atom. The van der Waals surface area contributed by atoms with Crippen molar-refractivity contribution in [2.75, 3.05) is 13.2 Å². The average molecular weight is 515 g/mol. The number of hydrogen-bond acceptors (Lipinski definition) is 7. The van der Waals surface area contributed by atoms with E-state index in [0.29, 0.717) is 46.7 Å². The quantitative estimate of drug-likeness (QED) is 0.166. The van der Waals surface area contributed by atoms with Gasteiger partial charge in [0, 0.05) is 28.6 Å². The molecular formula is C28H26N4O4S. The minimum absolute atomic E-state index is 0.0190. The van der Waals surface area contributed by atoms with E-state index in [1.165, 1.54) is 23.0 Å². The van der Waals surface area contributed by atoms with E-state index in [1.807, 2.05) is 48.7 Å². The summed E-state index contributed by atoms with van der Waals surface area (Å²) < 4.78 is 13.1. The lowest BCUT2D eigenvalue weighted by atomic mass is 10.0. The molecule has 0 atom stereocenters. The van der Waals surface area contributed by atoms with Crippen LogP contribution in [-0.4, -0.2) is 28.5 Å². The minimum atomic E-state index is -0.397. The summed E-state index contributed by atoms with van der Waals surface area (Å²) in [4.78, 5) is 16.5. The molecule has 0 spiro atoms. The number of benzene rings is 3. The van der Waals surface area contributed by atoms with Gasteiger partial charge in [0.1, 0.15) is 13.2 Å². The molecule has 0 amide bonds. The van der Waals surface area contributed by atoms with Crippen LogP contribution in [-0.2, 0) is 0 Å². The number of nitrogens with zero attached hydrogens (tertiary/aromatic N) is 4. The van der Waals surface area contributed by atoms with Crippen LogP contribution in [0.1, 0.15) is 37.8 Å². The fourth-order valence-corrected chi connectivity index (χ4v) is 4.82. The molecule has 8 nitrogen and oxygen atoms in total. The van der Waals surface area contributed by atoms with Gasteiger partial charge in [0.15, 0.2) is 11.5 Å². The van der Waals surface area contributed by atoms with Crippen molar-refractivity contribution in [2.24, 2.45) is 10.1 Å². The van der Waals surface area contributed by atoms with E-state index < -0.39 is 4.92 Å². The van der Waals surface area contributed by atoms with Crippen LogP contribution >= 0.6 is 11.3 Å². The van der Waals surface area contributed by atoms with E-state index in [2.05, 4.69) is 26.0 Å². The maximum absolute atomic E-state index is 11.4. The highest BCUT2D eigenvalue weighted by Gasteiger charge is 2.15. The van der Waals surface area contributed by atoms with Gasteiger partial charge in [-0.15, -0.1) is 11.3 Å².